The van der Waals surface area contributed by atoms with Crippen LogP contribution in [0.3, 0.4) is 0 Å². The molecule has 164 valence electrons. The number of rotatable bonds is 10. The standard InChI is InChI=1S/C22H30ClN3O3S/c1-5-21(26(30(4,28)29)20-10-8-9-18(23)15-20)22(27)24-16-17-11-13-19(14-12-17)25(6-2)7-3/h8-15,21H,5-7,16H2,1-4H3,(H,24,27)/t21-/m0/s1. The van der Waals surface area contributed by atoms with E-state index in [-0.39, 0.29) is 5.91 Å². The highest BCUT2D eigenvalue weighted by molar-refractivity contribution is 7.92. The number of nitrogens with zero attached hydrogens (tertiary/aromatic N) is 2. The Kier molecular flexibility index (Phi) is 8.55. The molecule has 1 N–H and O–H groups in total. The van der Waals surface area contributed by atoms with Gasteiger partial charge in [-0.3, -0.25) is 9.10 Å². The molecular weight excluding hydrogens is 422 g/mol. The van der Waals surface area contributed by atoms with Crippen molar-refractivity contribution in [3.05, 3.63) is 59.1 Å². The van der Waals surface area contributed by atoms with Crippen LogP contribution < -0.4 is 14.5 Å². The first-order valence-corrected chi connectivity index (χ1v) is 12.3. The Bertz CT molecular complexity index is 944. The summed E-state index contributed by atoms with van der Waals surface area (Å²) in [4.78, 5) is 15.1. The molecule has 0 radical (unpaired) electrons. The molecule has 0 aliphatic rings. The Balaban J connectivity index is 2.16. The topological polar surface area (TPSA) is 69.7 Å². The van der Waals surface area contributed by atoms with Gasteiger partial charge in [0.25, 0.3) is 0 Å². The minimum atomic E-state index is -3.69. The molecule has 0 aromatic heterocycles. The molecule has 6 nitrogen and oxygen atoms in total. The monoisotopic (exact) mass is 451 g/mol. The van der Waals surface area contributed by atoms with Crippen LogP contribution in [0.5, 0.6) is 0 Å². The number of amides is 1. The third-order valence-electron chi connectivity index (χ3n) is 4.92. The summed E-state index contributed by atoms with van der Waals surface area (Å²) in [7, 11) is -3.69. The largest absolute Gasteiger partial charge is 0.372 e. The summed E-state index contributed by atoms with van der Waals surface area (Å²) in [5.41, 5.74) is 2.45. The summed E-state index contributed by atoms with van der Waals surface area (Å²) in [6.45, 7) is 8.17. The minimum Gasteiger partial charge on any atom is -0.372 e. The molecule has 1 atom stereocenters. The predicted molar refractivity (Wildman–Crippen MR) is 125 cm³/mol. The zero-order valence-electron chi connectivity index (χ0n) is 17.9. The van der Waals surface area contributed by atoms with E-state index in [4.69, 9.17) is 11.6 Å². The third-order valence-corrected chi connectivity index (χ3v) is 6.34. The number of benzene rings is 2. The lowest BCUT2D eigenvalue weighted by Gasteiger charge is -2.30. The zero-order chi connectivity index (χ0) is 22.3. The van der Waals surface area contributed by atoms with Crippen LogP contribution >= 0.6 is 11.6 Å². The van der Waals surface area contributed by atoms with Gasteiger partial charge in [0.05, 0.1) is 11.9 Å². The number of nitrogens with one attached hydrogen (secondary N) is 1. The highest BCUT2D eigenvalue weighted by atomic mass is 35.5. The molecule has 0 saturated carbocycles. The van der Waals surface area contributed by atoms with Gasteiger partial charge in [-0.2, -0.15) is 0 Å². The molecule has 0 unspecified atom stereocenters. The van der Waals surface area contributed by atoms with Crippen molar-refractivity contribution in [3.8, 4) is 0 Å². The Hall–Kier alpha value is -2.25. The fraction of sp³-hybridized carbons (Fsp3) is 0.409. The summed E-state index contributed by atoms with van der Waals surface area (Å²) >= 11 is 6.04. The van der Waals surface area contributed by atoms with Crippen molar-refractivity contribution in [2.24, 2.45) is 0 Å². The highest BCUT2D eigenvalue weighted by Crippen LogP contribution is 2.25. The molecule has 2 aromatic carbocycles. The van der Waals surface area contributed by atoms with Crippen LogP contribution in [0.4, 0.5) is 11.4 Å². The Morgan fingerprint density at radius 2 is 1.67 bits per heavy atom. The number of hydrogen-bond donors (Lipinski definition) is 1. The molecule has 0 heterocycles. The van der Waals surface area contributed by atoms with Crippen molar-refractivity contribution in [2.75, 3.05) is 28.6 Å². The first-order chi connectivity index (χ1) is 14.2. The van der Waals surface area contributed by atoms with Crippen LogP contribution in [0.2, 0.25) is 5.02 Å². The molecule has 0 spiro atoms. The number of carbonyl (C=O) groups is 1. The molecule has 0 saturated heterocycles. The van der Waals surface area contributed by atoms with Crippen LogP contribution in [0, 0.1) is 0 Å². The lowest BCUT2D eigenvalue weighted by atomic mass is 10.1. The van der Waals surface area contributed by atoms with Gasteiger partial charge in [0.15, 0.2) is 0 Å². The number of halogens is 1. The van der Waals surface area contributed by atoms with E-state index < -0.39 is 16.1 Å². The summed E-state index contributed by atoms with van der Waals surface area (Å²) < 4.78 is 26.1. The first kappa shape index (κ1) is 24.0. The van der Waals surface area contributed by atoms with Crippen LogP contribution in [0.25, 0.3) is 0 Å². The van der Waals surface area contributed by atoms with Crippen LogP contribution in [-0.2, 0) is 21.4 Å². The molecule has 2 aromatic rings. The summed E-state index contributed by atoms with van der Waals surface area (Å²) in [6, 6.07) is 13.6. The number of anilines is 2. The number of hydrogen-bond acceptors (Lipinski definition) is 4. The van der Waals surface area contributed by atoms with Gasteiger partial charge in [-0.15, -0.1) is 0 Å². The Morgan fingerprint density at radius 1 is 1.03 bits per heavy atom. The SMILES string of the molecule is CC[C@@H](C(=O)NCc1ccc(N(CC)CC)cc1)N(c1cccc(Cl)c1)S(C)(=O)=O. The summed E-state index contributed by atoms with van der Waals surface area (Å²) in [6.07, 6.45) is 1.42. The van der Waals surface area contributed by atoms with Crippen LogP contribution in [-0.4, -0.2) is 39.7 Å². The van der Waals surface area contributed by atoms with Gasteiger partial charge < -0.3 is 10.2 Å². The molecule has 0 aliphatic carbocycles. The molecule has 2 rings (SSSR count). The van der Waals surface area contributed by atoms with E-state index in [9.17, 15) is 13.2 Å². The van der Waals surface area contributed by atoms with E-state index in [1.165, 1.54) is 0 Å². The van der Waals surface area contributed by atoms with Crippen molar-refractivity contribution in [1.29, 1.82) is 0 Å². The third kappa shape index (κ3) is 6.12. The highest BCUT2D eigenvalue weighted by Gasteiger charge is 2.31. The van der Waals surface area contributed by atoms with E-state index in [1.54, 1.807) is 31.2 Å². The van der Waals surface area contributed by atoms with E-state index in [0.29, 0.717) is 23.7 Å². The second-order valence-corrected chi connectivity index (χ2v) is 9.32. The summed E-state index contributed by atoms with van der Waals surface area (Å²) in [5, 5.41) is 3.28. The van der Waals surface area contributed by atoms with Crippen molar-refractivity contribution < 1.29 is 13.2 Å². The van der Waals surface area contributed by atoms with Crippen LogP contribution in [0.15, 0.2) is 48.5 Å². The predicted octanol–water partition coefficient (Wildman–Crippen LogP) is 4.05. The van der Waals surface area contributed by atoms with E-state index in [0.717, 1.165) is 34.9 Å². The number of carbonyl (C=O) groups excluding carboxylic acids is 1. The van der Waals surface area contributed by atoms with Gasteiger partial charge >= 0.3 is 0 Å². The van der Waals surface area contributed by atoms with Gasteiger partial charge in [-0.1, -0.05) is 36.7 Å². The second kappa shape index (κ2) is 10.7. The molecular formula is C22H30ClN3O3S. The second-order valence-electron chi connectivity index (χ2n) is 7.02. The van der Waals surface area contributed by atoms with Gasteiger partial charge in [0, 0.05) is 30.3 Å². The maximum Gasteiger partial charge on any atom is 0.244 e. The Labute approximate surface area is 184 Å². The fourth-order valence-electron chi connectivity index (χ4n) is 3.39. The van der Waals surface area contributed by atoms with Gasteiger partial charge in [-0.25, -0.2) is 8.42 Å². The maximum atomic E-state index is 12.9. The molecule has 1 amide bonds. The zero-order valence-corrected chi connectivity index (χ0v) is 19.5. The van der Waals surface area contributed by atoms with Crippen molar-refractivity contribution in [1.82, 2.24) is 5.32 Å². The molecule has 0 aliphatic heterocycles. The summed E-state index contributed by atoms with van der Waals surface area (Å²) in [5.74, 6) is -0.351. The average molecular weight is 452 g/mol. The first-order valence-electron chi connectivity index (χ1n) is 10.1. The maximum absolute atomic E-state index is 12.9. The molecule has 30 heavy (non-hydrogen) atoms. The molecule has 8 heteroatoms. The molecule has 0 fully saturated rings. The van der Waals surface area contributed by atoms with E-state index in [1.807, 2.05) is 24.3 Å². The fourth-order valence-corrected chi connectivity index (χ4v) is 4.78. The van der Waals surface area contributed by atoms with E-state index >= 15 is 0 Å². The lowest BCUT2D eigenvalue weighted by molar-refractivity contribution is -0.122. The Morgan fingerprint density at radius 3 is 2.17 bits per heavy atom. The van der Waals surface area contributed by atoms with E-state index in [2.05, 4.69) is 24.1 Å². The van der Waals surface area contributed by atoms with Crippen molar-refractivity contribution in [2.45, 2.75) is 39.8 Å². The van der Waals surface area contributed by atoms with Gasteiger partial charge in [0.2, 0.25) is 15.9 Å². The number of sulfonamides is 1. The quantitative estimate of drug-likeness (QED) is 0.591. The normalized spacial score (nSPS) is 12.3. The lowest BCUT2D eigenvalue weighted by Crippen LogP contribution is -2.49. The van der Waals surface area contributed by atoms with Crippen molar-refractivity contribution >= 4 is 38.9 Å². The minimum absolute atomic E-state index is 0.320. The van der Waals surface area contributed by atoms with Crippen LogP contribution in [0.1, 0.15) is 32.8 Å². The smallest absolute Gasteiger partial charge is 0.244 e. The van der Waals surface area contributed by atoms with Gasteiger partial charge in [-0.05, 0) is 56.2 Å². The van der Waals surface area contributed by atoms with Gasteiger partial charge in [0.1, 0.15) is 6.04 Å². The average Bonchev–Trinajstić information content (AvgIpc) is 2.71. The molecule has 0 bridgehead atoms. The van der Waals surface area contributed by atoms with Crippen molar-refractivity contribution in [3.63, 3.8) is 0 Å².